The number of nitrogens with one attached hydrogen (secondary N) is 1. The summed E-state index contributed by atoms with van der Waals surface area (Å²) in [6, 6.07) is 7.56. The lowest BCUT2D eigenvalue weighted by atomic mass is 9.86. The molecular weight excluding hydrogens is 230 g/mol. The van der Waals surface area contributed by atoms with Crippen LogP contribution in [0.4, 0.5) is 0 Å². The third-order valence-electron chi connectivity index (χ3n) is 4.69. The molecule has 1 aliphatic carbocycles. The van der Waals surface area contributed by atoms with Gasteiger partial charge in [-0.3, -0.25) is 0 Å². The Balaban J connectivity index is 2.11. The Kier molecular flexibility index (Phi) is 5.45. The molecule has 0 bridgehead atoms. The van der Waals surface area contributed by atoms with Crippen molar-refractivity contribution < 1.29 is 0 Å². The summed E-state index contributed by atoms with van der Waals surface area (Å²) in [6.07, 6.45) is 8.08. The lowest BCUT2D eigenvalue weighted by Crippen LogP contribution is -2.30. The fraction of sp³-hybridized carbons (Fsp3) is 0.667. The van der Waals surface area contributed by atoms with Gasteiger partial charge in [-0.05, 0) is 68.7 Å². The second-order valence-corrected chi connectivity index (χ2v) is 6.16. The van der Waals surface area contributed by atoms with Gasteiger partial charge < -0.3 is 5.32 Å². The first-order valence-electron chi connectivity index (χ1n) is 8.02. The molecule has 2 rings (SSSR count). The van der Waals surface area contributed by atoms with Crippen LogP contribution in [0.3, 0.4) is 0 Å². The zero-order chi connectivity index (χ0) is 13.7. The van der Waals surface area contributed by atoms with Gasteiger partial charge in [0, 0.05) is 6.04 Å². The van der Waals surface area contributed by atoms with E-state index >= 15 is 0 Å². The Labute approximate surface area is 118 Å². The summed E-state index contributed by atoms with van der Waals surface area (Å²) in [6.45, 7) is 7.96. The van der Waals surface area contributed by atoms with Crippen LogP contribution in [0.5, 0.6) is 0 Å². The van der Waals surface area contributed by atoms with Gasteiger partial charge in [0.2, 0.25) is 0 Å². The number of hydrogen-bond donors (Lipinski definition) is 1. The maximum Gasteiger partial charge on any atom is 0.00728 e. The number of aryl methyl sites for hydroxylation is 1. The molecule has 0 saturated heterocycles. The standard InChI is InChI=1S/C18H29N/c1-4-12-19-17-10-6-5-9-16(13-17)18-11-7-8-14(2)15(18)3/h7-8,11,16-17,19H,4-6,9-10,12-13H2,1-3H3. The highest BCUT2D eigenvalue weighted by atomic mass is 14.9. The second-order valence-electron chi connectivity index (χ2n) is 6.16. The van der Waals surface area contributed by atoms with Crippen molar-refractivity contribution in [3.05, 3.63) is 34.9 Å². The normalized spacial score (nSPS) is 24.2. The van der Waals surface area contributed by atoms with E-state index in [4.69, 9.17) is 0 Å². The molecule has 1 N–H and O–H groups in total. The highest BCUT2D eigenvalue weighted by Crippen LogP contribution is 2.34. The Morgan fingerprint density at radius 2 is 1.95 bits per heavy atom. The third kappa shape index (κ3) is 3.82. The van der Waals surface area contributed by atoms with Gasteiger partial charge >= 0.3 is 0 Å². The Hall–Kier alpha value is -0.820. The monoisotopic (exact) mass is 259 g/mol. The molecule has 1 fully saturated rings. The summed E-state index contributed by atoms with van der Waals surface area (Å²) in [5.41, 5.74) is 4.56. The first-order valence-corrected chi connectivity index (χ1v) is 8.02. The van der Waals surface area contributed by atoms with Gasteiger partial charge in [-0.2, -0.15) is 0 Å². The molecule has 1 saturated carbocycles. The summed E-state index contributed by atoms with van der Waals surface area (Å²) in [5.74, 6) is 0.761. The fourth-order valence-corrected chi connectivity index (χ4v) is 3.39. The van der Waals surface area contributed by atoms with Crippen molar-refractivity contribution in [1.29, 1.82) is 0 Å². The van der Waals surface area contributed by atoms with Crippen molar-refractivity contribution in [2.75, 3.05) is 6.54 Å². The van der Waals surface area contributed by atoms with E-state index in [0.717, 1.165) is 12.0 Å². The minimum atomic E-state index is 0.729. The number of hydrogen-bond acceptors (Lipinski definition) is 1. The lowest BCUT2D eigenvalue weighted by Gasteiger charge is -2.23. The van der Waals surface area contributed by atoms with E-state index in [1.807, 2.05) is 0 Å². The molecule has 0 aromatic heterocycles. The van der Waals surface area contributed by atoms with E-state index in [1.165, 1.54) is 56.2 Å². The summed E-state index contributed by atoms with van der Waals surface area (Å²) in [7, 11) is 0. The molecule has 106 valence electrons. The molecule has 2 unspecified atom stereocenters. The second kappa shape index (κ2) is 7.09. The molecule has 1 nitrogen and oxygen atoms in total. The van der Waals surface area contributed by atoms with Crippen molar-refractivity contribution in [3.8, 4) is 0 Å². The maximum absolute atomic E-state index is 3.75. The Morgan fingerprint density at radius 1 is 1.16 bits per heavy atom. The molecular formula is C18H29N. The van der Waals surface area contributed by atoms with Crippen LogP contribution in [0.2, 0.25) is 0 Å². The number of benzene rings is 1. The summed E-state index contributed by atoms with van der Waals surface area (Å²) >= 11 is 0. The topological polar surface area (TPSA) is 12.0 Å². The van der Waals surface area contributed by atoms with Crippen molar-refractivity contribution >= 4 is 0 Å². The maximum atomic E-state index is 3.75. The van der Waals surface area contributed by atoms with Crippen molar-refractivity contribution in [2.24, 2.45) is 0 Å². The van der Waals surface area contributed by atoms with Crippen LogP contribution in [0.25, 0.3) is 0 Å². The van der Waals surface area contributed by atoms with E-state index in [1.54, 1.807) is 5.56 Å². The van der Waals surface area contributed by atoms with Gasteiger partial charge in [0.15, 0.2) is 0 Å². The lowest BCUT2D eigenvalue weighted by molar-refractivity contribution is 0.439. The highest BCUT2D eigenvalue weighted by Gasteiger charge is 2.22. The molecule has 0 heterocycles. The van der Waals surface area contributed by atoms with E-state index < -0.39 is 0 Å². The SMILES string of the molecule is CCCNC1CCCCC(c2cccc(C)c2C)C1. The van der Waals surface area contributed by atoms with Crippen LogP contribution in [-0.2, 0) is 0 Å². The van der Waals surface area contributed by atoms with E-state index in [-0.39, 0.29) is 0 Å². The molecule has 0 aliphatic heterocycles. The van der Waals surface area contributed by atoms with Crippen LogP contribution in [-0.4, -0.2) is 12.6 Å². The van der Waals surface area contributed by atoms with Crippen molar-refractivity contribution in [3.63, 3.8) is 0 Å². The van der Waals surface area contributed by atoms with Crippen LogP contribution in [0, 0.1) is 13.8 Å². The first kappa shape index (κ1) is 14.6. The minimum Gasteiger partial charge on any atom is -0.314 e. The Bertz CT molecular complexity index is 397. The van der Waals surface area contributed by atoms with Gasteiger partial charge in [-0.15, -0.1) is 0 Å². The summed E-state index contributed by atoms with van der Waals surface area (Å²) in [4.78, 5) is 0. The minimum absolute atomic E-state index is 0.729. The Morgan fingerprint density at radius 3 is 2.74 bits per heavy atom. The molecule has 0 radical (unpaired) electrons. The summed E-state index contributed by atoms with van der Waals surface area (Å²) < 4.78 is 0. The van der Waals surface area contributed by atoms with E-state index in [2.05, 4.69) is 44.3 Å². The van der Waals surface area contributed by atoms with Crippen molar-refractivity contribution in [2.45, 2.75) is 71.3 Å². The molecule has 0 spiro atoms. The van der Waals surface area contributed by atoms with Gasteiger partial charge in [0.25, 0.3) is 0 Å². The molecule has 1 aliphatic rings. The molecule has 2 atom stereocenters. The zero-order valence-electron chi connectivity index (χ0n) is 12.8. The highest BCUT2D eigenvalue weighted by molar-refractivity contribution is 5.35. The van der Waals surface area contributed by atoms with Crippen LogP contribution < -0.4 is 5.32 Å². The van der Waals surface area contributed by atoms with Gasteiger partial charge in [0.1, 0.15) is 0 Å². The van der Waals surface area contributed by atoms with Gasteiger partial charge in [-0.25, -0.2) is 0 Å². The van der Waals surface area contributed by atoms with Crippen LogP contribution in [0.1, 0.15) is 68.1 Å². The average Bonchev–Trinajstić information content (AvgIpc) is 2.65. The summed E-state index contributed by atoms with van der Waals surface area (Å²) in [5, 5.41) is 3.75. The van der Waals surface area contributed by atoms with E-state index in [0.29, 0.717) is 0 Å². The molecule has 1 aromatic rings. The predicted molar refractivity (Wildman–Crippen MR) is 83.8 cm³/mol. The molecule has 1 heteroatoms. The molecule has 0 amide bonds. The largest absolute Gasteiger partial charge is 0.314 e. The van der Waals surface area contributed by atoms with E-state index in [9.17, 15) is 0 Å². The van der Waals surface area contributed by atoms with Crippen LogP contribution >= 0.6 is 0 Å². The van der Waals surface area contributed by atoms with Crippen LogP contribution in [0.15, 0.2) is 18.2 Å². The van der Waals surface area contributed by atoms with Crippen molar-refractivity contribution in [1.82, 2.24) is 5.32 Å². The fourth-order valence-electron chi connectivity index (χ4n) is 3.39. The smallest absolute Gasteiger partial charge is 0.00728 e. The third-order valence-corrected chi connectivity index (χ3v) is 4.69. The zero-order valence-corrected chi connectivity index (χ0v) is 12.8. The van der Waals surface area contributed by atoms with Gasteiger partial charge in [-0.1, -0.05) is 38.0 Å². The predicted octanol–water partition coefficient (Wildman–Crippen LogP) is 4.72. The quantitative estimate of drug-likeness (QED) is 0.772. The number of rotatable bonds is 4. The average molecular weight is 259 g/mol. The first-order chi connectivity index (χ1) is 9.22. The molecule has 19 heavy (non-hydrogen) atoms. The molecule has 1 aromatic carbocycles. The van der Waals surface area contributed by atoms with Gasteiger partial charge in [0.05, 0.1) is 0 Å².